The molecule has 0 radical (unpaired) electrons. The van der Waals surface area contributed by atoms with Gasteiger partial charge in [0.2, 0.25) is 0 Å². The van der Waals surface area contributed by atoms with Crippen molar-refractivity contribution in [2.75, 3.05) is 0 Å². The number of benzene rings is 1. The molecule has 24 heavy (non-hydrogen) atoms. The molecule has 0 aliphatic rings. The summed E-state index contributed by atoms with van der Waals surface area (Å²) in [7, 11) is 0. The highest BCUT2D eigenvalue weighted by Gasteiger charge is 2.17. The lowest BCUT2D eigenvalue weighted by molar-refractivity contribution is 0.477. The number of hydrogen-bond donors (Lipinski definition) is 2. The number of aryl methyl sites for hydroxylation is 2. The first kappa shape index (κ1) is 17.1. The van der Waals surface area contributed by atoms with Crippen molar-refractivity contribution in [2.24, 2.45) is 0 Å². The highest BCUT2D eigenvalue weighted by Crippen LogP contribution is 2.27. The minimum atomic E-state index is -0.0736. The molecule has 3 aromatic rings. The van der Waals surface area contributed by atoms with Crippen LogP contribution in [0.15, 0.2) is 29.1 Å². The zero-order chi connectivity index (χ0) is 17.4. The quantitative estimate of drug-likeness (QED) is 0.710. The summed E-state index contributed by atoms with van der Waals surface area (Å²) in [5.74, 6) is 0.662. The molecule has 0 spiro atoms. The van der Waals surface area contributed by atoms with Crippen LogP contribution in [-0.2, 0) is 0 Å². The van der Waals surface area contributed by atoms with Crippen molar-refractivity contribution in [3.63, 3.8) is 0 Å². The van der Waals surface area contributed by atoms with Gasteiger partial charge < -0.3 is 10.3 Å². The smallest absolute Gasteiger partial charge is 0.259 e. The van der Waals surface area contributed by atoms with Crippen LogP contribution < -0.4 is 10.9 Å². The van der Waals surface area contributed by atoms with Crippen LogP contribution in [0.1, 0.15) is 47.8 Å². The molecule has 4 nitrogen and oxygen atoms in total. The lowest BCUT2D eigenvalue weighted by Crippen LogP contribution is -2.26. The Kier molecular flexibility index (Phi) is 4.76. The maximum atomic E-state index is 12.4. The van der Waals surface area contributed by atoms with Gasteiger partial charge in [-0.15, -0.1) is 11.3 Å². The van der Waals surface area contributed by atoms with Gasteiger partial charge in [0.15, 0.2) is 0 Å². The zero-order valence-electron chi connectivity index (χ0n) is 14.1. The topological polar surface area (TPSA) is 57.8 Å². The average molecular weight is 362 g/mol. The molecule has 0 fully saturated rings. The molecular weight excluding hydrogens is 342 g/mol. The summed E-state index contributed by atoms with van der Waals surface area (Å²) in [6, 6.07) is 7.79. The van der Waals surface area contributed by atoms with E-state index in [1.165, 1.54) is 0 Å². The molecule has 0 saturated carbocycles. The third kappa shape index (κ3) is 3.24. The number of fused-ring (bicyclic) bond motifs is 1. The van der Waals surface area contributed by atoms with E-state index in [0.29, 0.717) is 11.2 Å². The molecule has 126 valence electrons. The summed E-state index contributed by atoms with van der Waals surface area (Å²) in [6.45, 7) is 8.07. The maximum Gasteiger partial charge on any atom is 0.259 e. The van der Waals surface area contributed by atoms with Crippen molar-refractivity contribution in [1.29, 1.82) is 0 Å². The van der Waals surface area contributed by atoms with E-state index in [4.69, 9.17) is 11.6 Å². The molecule has 0 aliphatic carbocycles. The van der Waals surface area contributed by atoms with Crippen LogP contribution in [0, 0.1) is 13.8 Å². The second kappa shape index (κ2) is 6.67. The van der Waals surface area contributed by atoms with Crippen molar-refractivity contribution in [1.82, 2.24) is 15.3 Å². The van der Waals surface area contributed by atoms with Crippen LogP contribution in [0.25, 0.3) is 10.2 Å². The summed E-state index contributed by atoms with van der Waals surface area (Å²) in [4.78, 5) is 21.9. The fourth-order valence-corrected chi connectivity index (χ4v) is 3.94. The van der Waals surface area contributed by atoms with Gasteiger partial charge in [0.05, 0.1) is 11.4 Å². The number of nitrogens with zero attached hydrogens (tertiary/aromatic N) is 1. The first-order valence-corrected chi connectivity index (χ1v) is 9.07. The van der Waals surface area contributed by atoms with Gasteiger partial charge in [-0.05, 0) is 51.0 Å². The molecule has 2 heterocycles. The van der Waals surface area contributed by atoms with E-state index >= 15 is 0 Å². The van der Waals surface area contributed by atoms with Gasteiger partial charge >= 0.3 is 0 Å². The molecule has 0 amide bonds. The van der Waals surface area contributed by atoms with E-state index in [1.807, 2.05) is 45.0 Å². The Balaban J connectivity index is 1.87. The minimum Gasteiger partial charge on any atom is -0.309 e. The van der Waals surface area contributed by atoms with Crippen molar-refractivity contribution in [3.05, 3.63) is 61.5 Å². The Bertz CT molecular complexity index is 930. The third-order valence-corrected chi connectivity index (χ3v) is 5.69. The highest BCUT2D eigenvalue weighted by molar-refractivity contribution is 7.18. The van der Waals surface area contributed by atoms with E-state index in [1.54, 1.807) is 11.3 Å². The maximum absolute atomic E-state index is 12.4. The Labute approximate surface area is 149 Å². The molecule has 0 bridgehead atoms. The first-order chi connectivity index (χ1) is 11.4. The van der Waals surface area contributed by atoms with Crippen molar-refractivity contribution in [3.8, 4) is 0 Å². The number of aromatic nitrogens is 2. The predicted molar refractivity (Wildman–Crippen MR) is 101 cm³/mol. The first-order valence-electron chi connectivity index (χ1n) is 7.88. The van der Waals surface area contributed by atoms with Crippen molar-refractivity contribution in [2.45, 2.75) is 39.8 Å². The number of aromatic amines is 1. The Morgan fingerprint density at radius 3 is 2.50 bits per heavy atom. The number of halogens is 1. The molecule has 0 aliphatic heterocycles. The lowest BCUT2D eigenvalue weighted by atomic mass is 10.1. The molecular formula is C18H20ClN3OS. The van der Waals surface area contributed by atoms with Crippen LogP contribution >= 0.6 is 22.9 Å². The minimum absolute atomic E-state index is 0.0651. The zero-order valence-corrected chi connectivity index (χ0v) is 15.7. The normalized spacial score (nSPS) is 14.0. The van der Waals surface area contributed by atoms with Crippen LogP contribution in [0.4, 0.5) is 0 Å². The van der Waals surface area contributed by atoms with Gasteiger partial charge in [-0.2, -0.15) is 0 Å². The highest BCUT2D eigenvalue weighted by atomic mass is 35.5. The van der Waals surface area contributed by atoms with Crippen LogP contribution in [0.3, 0.4) is 0 Å². The van der Waals surface area contributed by atoms with Gasteiger partial charge in [0.1, 0.15) is 10.7 Å². The van der Waals surface area contributed by atoms with Crippen LogP contribution in [-0.4, -0.2) is 9.97 Å². The number of hydrogen-bond acceptors (Lipinski definition) is 4. The standard InChI is InChI=1S/C18H20ClN3OS/c1-9-12(4)24-18-15(9)17(23)21-16(22-18)11(3)20-10(2)13-5-7-14(19)8-6-13/h5-8,10-11,20H,1-4H3,(H,21,22,23)/t10-,11-/m1/s1. The fraction of sp³-hybridized carbons (Fsp3) is 0.333. The molecule has 3 rings (SSSR count). The van der Waals surface area contributed by atoms with Gasteiger partial charge in [0.25, 0.3) is 5.56 Å². The SMILES string of the molecule is Cc1sc2nc([C@@H](C)N[C@H](C)c3ccc(Cl)cc3)[nH]c(=O)c2c1C. The van der Waals surface area contributed by atoms with Crippen LogP contribution in [0.2, 0.25) is 5.02 Å². The molecule has 0 unspecified atom stereocenters. The second-order valence-corrected chi connectivity index (χ2v) is 7.72. The van der Waals surface area contributed by atoms with E-state index in [-0.39, 0.29) is 17.6 Å². The second-order valence-electron chi connectivity index (χ2n) is 6.08. The molecule has 2 aromatic heterocycles. The van der Waals surface area contributed by atoms with E-state index in [2.05, 4.69) is 22.2 Å². The Morgan fingerprint density at radius 1 is 1.17 bits per heavy atom. The Morgan fingerprint density at radius 2 is 1.83 bits per heavy atom. The summed E-state index contributed by atoms with van der Waals surface area (Å²) in [5.41, 5.74) is 2.09. The largest absolute Gasteiger partial charge is 0.309 e. The average Bonchev–Trinajstić information content (AvgIpc) is 2.82. The van der Waals surface area contributed by atoms with E-state index < -0.39 is 0 Å². The summed E-state index contributed by atoms with van der Waals surface area (Å²) >= 11 is 7.50. The van der Waals surface area contributed by atoms with Gasteiger partial charge in [-0.3, -0.25) is 4.79 Å². The van der Waals surface area contributed by atoms with Gasteiger partial charge in [-0.25, -0.2) is 4.98 Å². The summed E-state index contributed by atoms with van der Waals surface area (Å²) < 4.78 is 0. The molecule has 0 saturated heterocycles. The van der Waals surface area contributed by atoms with E-state index in [9.17, 15) is 4.79 Å². The molecule has 2 atom stereocenters. The van der Waals surface area contributed by atoms with Crippen molar-refractivity contribution >= 4 is 33.2 Å². The van der Waals surface area contributed by atoms with E-state index in [0.717, 1.165) is 25.9 Å². The predicted octanol–water partition coefficient (Wildman–Crippen LogP) is 4.67. The molecule has 2 N–H and O–H groups in total. The lowest BCUT2D eigenvalue weighted by Gasteiger charge is -2.20. The number of rotatable bonds is 4. The van der Waals surface area contributed by atoms with Crippen LogP contribution in [0.5, 0.6) is 0 Å². The summed E-state index contributed by atoms with van der Waals surface area (Å²) in [5, 5.41) is 4.90. The fourth-order valence-electron chi connectivity index (χ4n) is 2.78. The molecule has 6 heteroatoms. The third-order valence-electron chi connectivity index (χ3n) is 4.34. The van der Waals surface area contributed by atoms with Gasteiger partial charge in [-0.1, -0.05) is 23.7 Å². The number of H-pyrrole nitrogens is 1. The Hall–Kier alpha value is -1.69. The number of nitrogens with one attached hydrogen (secondary N) is 2. The number of thiophene rings is 1. The monoisotopic (exact) mass is 361 g/mol. The van der Waals surface area contributed by atoms with Crippen molar-refractivity contribution < 1.29 is 0 Å². The summed E-state index contributed by atoms with van der Waals surface area (Å²) in [6.07, 6.45) is 0. The van der Waals surface area contributed by atoms with Gasteiger partial charge in [0, 0.05) is 15.9 Å². The molecule has 1 aromatic carbocycles.